The lowest BCUT2D eigenvalue weighted by atomic mass is 9.92. The van der Waals surface area contributed by atoms with Gasteiger partial charge in [0.15, 0.2) is 11.6 Å². The fourth-order valence-electron chi connectivity index (χ4n) is 3.21. The van der Waals surface area contributed by atoms with Crippen molar-refractivity contribution in [3.05, 3.63) is 47.4 Å². The summed E-state index contributed by atoms with van der Waals surface area (Å²) in [6.07, 6.45) is 5.96. The molecule has 25 heavy (non-hydrogen) atoms. The van der Waals surface area contributed by atoms with Crippen molar-refractivity contribution in [2.75, 3.05) is 19.3 Å². The van der Waals surface area contributed by atoms with Crippen LogP contribution in [0, 0.1) is 6.92 Å². The minimum atomic E-state index is 0.249. The number of aryl methyl sites for hydroxylation is 1. The van der Waals surface area contributed by atoms with Gasteiger partial charge in [-0.15, -0.1) is 0 Å². The Labute approximate surface area is 145 Å². The van der Waals surface area contributed by atoms with E-state index >= 15 is 0 Å². The van der Waals surface area contributed by atoms with Crippen LogP contribution in [0.5, 0.6) is 11.6 Å². The molecule has 1 aliphatic heterocycles. The molecule has 0 atom stereocenters. The Morgan fingerprint density at radius 3 is 2.96 bits per heavy atom. The molecule has 128 valence electrons. The summed E-state index contributed by atoms with van der Waals surface area (Å²) in [5, 5.41) is 6.54. The van der Waals surface area contributed by atoms with E-state index in [4.69, 9.17) is 10.5 Å². The normalized spacial score (nSPS) is 14.3. The number of anilines is 1. The summed E-state index contributed by atoms with van der Waals surface area (Å²) in [6, 6.07) is 4.35. The van der Waals surface area contributed by atoms with Crippen molar-refractivity contribution in [3.8, 4) is 22.9 Å². The van der Waals surface area contributed by atoms with E-state index in [0.29, 0.717) is 5.75 Å². The number of nitrogens with zero attached hydrogens (tertiary/aromatic N) is 4. The van der Waals surface area contributed by atoms with E-state index < -0.39 is 0 Å². The summed E-state index contributed by atoms with van der Waals surface area (Å²) in [7, 11) is 2.14. The number of nitrogens with one attached hydrogen (secondary N) is 1. The molecular formula is C18H20N6O. The van der Waals surface area contributed by atoms with Crippen LogP contribution in [0.2, 0.25) is 0 Å². The molecule has 0 unspecified atom stereocenters. The second-order valence-corrected chi connectivity index (χ2v) is 6.40. The summed E-state index contributed by atoms with van der Waals surface area (Å²) in [5.74, 6) is 1.08. The lowest BCUT2D eigenvalue weighted by Gasteiger charge is -2.27. The zero-order chi connectivity index (χ0) is 17.4. The molecule has 3 heterocycles. The van der Waals surface area contributed by atoms with E-state index in [1.54, 1.807) is 18.6 Å². The first-order valence-electron chi connectivity index (χ1n) is 8.20. The quantitative estimate of drug-likeness (QED) is 0.763. The van der Waals surface area contributed by atoms with Gasteiger partial charge in [-0.2, -0.15) is 5.10 Å². The Morgan fingerprint density at radius 1 is 1.28 bits per heavy atom. The number of fused-ring (bicyclic) bond motifs is 1. The molecule has 0 amide bonds. The highest BCUT2D eigenvalue weighted by Crippen LogP contribution is 2.30. The van der Waals surface area contributed by atoms with Gasteiger partial charge in [0.05, 0.1) is 24.3 Å². The Bertz CT molecular complexity index is 906. The highest BCUT2D eigenvalue weighted by molar-refractivity contribution is 5.64. The maximum absolute atomic E-state index is 5.91. The molecule has 0 radical (unpaired) electrons. The number of hydrogen-bond acceptors (Lipinski definition) is 6. The lowest BCUT2D eigenvalue weighted by Crippen LogP contribution is -2.27. The first kappa shape index (κ1) is 15.6. The molecule has 1 aromatic carbocycles. The average Bonchev–Trinajstić information content (AvgIpc) is 3.09. The number of nitrogen functional groups attached to an aromatic ring is 1. The molecule has 0 bridgehead atoms. The fourth-order valence-corrected chi connectivity index (χ4v) is 3.21. The van der Waals surface area contributed by atoms with Crippen molar-refractivity contribution in [2.24, 2.45) is 0 Å². The van der Waals surface area contributed by atoms with Gasteiger partial charge in [0.2, 0.25) is 0 Å². The standard InChI is InChI=1S/C18H20N6O/c1-11-5-12(6-13-10-24(2)4-3-15(11)13)16-9-20-17(19)18(23-16)25-14-7-21-22-8-14/h5-9H,3-4,10H2,1-2H3,(H2,19,20)(H,21,22). The van der Waals surface area contributed by atoms with Crippen LogP contribution >= 0.6 is 0 Å². The van der Waals surface area contributed by atoms with Gasteiger partial charge in [-0.25, -0.2) is 9.97 Å². The molecule has 7 heteroatoms. The van der Waals surface area contributed by atoms with Crippen molar-refractivity contribution < 1.29 is 4.74 Å². The monoisotopic (exact) mass is 336 g/mol. The van der Waals surface area contributed by atoms with Gasteiger partial charge in [-0.1, -0.05) is 0 Å². The first-order valence-corrected chi connectivity index (χ1v) is 8.20. The SMILES string of the molecule is Cc1cc(-c2cnc(N)c(Oc3cn[nH]c3)n2)cc2c1CCN(C)C2. The number of hydrogen-bond donors (Lipinski definition) is 2. The summed E-state index contributed by atoms with van der Waals surface area (Å²) >= 11 is 0. The molecule has 1 aliphatic rings. The molecule has 4 rings (SSSR count). The van der Waals surface area contributed by atoms with Gasteiger partial charge in [-0.3, -0.25) is 5.10 Å². The van der Waals surface area contributed by atoms with E-state index in [1.165, 1.54) is 16.7 Å². The van der Waals surface area contributed by atoms with Crippen molar-refractivity contribution in [1.29, 1.82) is 0 Å². The highest BCUT2D eigenvalue weighted by atomic mass is 16.5. The van der Waals surface area contributed by atoms with Gasteiger partial charge in [0.1, 0.15) is 0 Å². The van der Waals surface area contributed by atoms with Crippen LogP contribution in [0.25, 0.3) is 11.3 Å². The van der Waals surface area contributed by atoms with Gasteiger partial charge < -0.3 is 15.4 Å². The smallest absolute Gasteiger partial charge is 0.263 e. The molecule has 0 fully saturated rings. The topological polar surface area (TPSA) is 92.9 Å². The van der Waals surface area contributed by atoms with E-state index in [2.05, 4.69) is 51.2 Å². The Hall–Kier alpha value is -2.93. The van der Waals surface area contributed by atoms with E-state index in [-0.39, 0.29) is 11.7 Å². The molecule has 3 N–H and O–H groups in total. The average molecular weight is 336 g/mol. The lowest BCUT2D eigenvalue weighted by molar-refractivity contribution is 0.312. The number of aromatic nitrogens is 4. The number of nitrogens with two attached hydrogens (primary N) is 1. The zero-order valence-corrected chi connectivity index (χ0v) is 14.3. The number of rotatable bonds is 3. The molecule has 0 spiro atoms. The second-order valence-electron chi connectivity index (χ2n) is 6.40. The molecule has 2 aromatic heterocycles. The van der Waals surface area contributed by atoms with E-state index in [1.807, 2.05) is 0 Å². The van der Waals surface area contributed by atoms with Crippen LogP contribution in [0.15, 0.2) is 30.7 Å². The third-order valence-electron chi connectivity index (χ3n) is 4.50. The summed E-state index contributed by atoms with van der Waals surface area (Å²) in [5.41, 5.74) is 11.8. The Morgan fingerprint density at radius 2 is 2.16 bits per heavy atom. The minimum Gasteiger partial charge on any atom is -0.433 e. The molecule has 0 saturated heterocycles. The largest absolute Gasteiger partial charge is 0.433 e. The third-order valence-corrected chi connectivity index (χ3v) is 4.50. The molecule has 3 aromatic rings. The van der Waals surface area contributed by atoms with Crippen molar-refractivity contribution in [1.82, 2.24) is 25.1 Å². The highest BCUT2D eigenvalue weighted by Gasteiger charge is 2.17. The van der Waals surface area contributed by atoms with Gasteiger partial charge in [0.25, 0.3) is 5.88 Å². The predicted molar refractivity (Wildman–Crippen MR) is 95.3 cm³/mol. The van der Waals surface area contributed by atoms with Gasteiger partial charge in [0, 0.05) is 18.7 Å². The summed E-state index contributed by atoms with van der Waals surface area (Å²) in [4.78, 5) is 11.1. The second kappa shape index (κ2) is 6.18. The maximum atomic E-state index is 5.91. The minimum absolute atomic E-state index is 0.249. The van der Waals surface area contributed by atoms with Crippen molar-refractivity contribution in [3.63, 3.8) is 0 Å². The number of ether oxygens (including phenoxy) is 1. The molecule has 0 saturated carbocycles. The van der Waals surface area contributed by atoms with Crippen molar-refractivity contribution >= 4 is 5.82 Å². The predicted octanol–water partition coefficient (Wildman–Crippen LogP) is 2.54. The maximum Gasteiger partial charge on any atom is 0.263 e. The Balaban J connectivity index is 1.72. The summed E-state index contributed by atoms with van der Waals surface area (Å²) < 4.78 is 5.67. The van der Waals surface area contributed by atoms with E-state index in [9.17, 15) is 0 Å². The van der Waals surface area contributed by atoms with Crippen LogP contribution in [-0.4, -0.2) is 38.7 Å². The number of aromatic amines is 1. The van der Waals surface area contributed by atoms with Crippen molar-refractivity contribution in [2.45, 2.75) is 19.9 Å². The van der Waals surface area contributed by atoms with Crippen LogP contribution in [-0.2, 0) is 13.0 Å². The van der Waals surface area contributed by atoms with Crippen LogP contribution < -0.4 is 10.5 Å². The third kappa shape index (κ3) is 3.06. The molecule has 0 aliphatic carbocycles. The zero-order valence-electron chi connectivity index (χ0n) is 14.3. The summed E-state index contributed by atoms with van der Waals surface area (Å²) in [6.45, 7) is 4.20. The van der Waals surface area contributed by atoms with Crippen LogP contribution in [0.3, 0.4) is 0 Å². The van der Waals surface area contributed by atoms with Gasteiger partial charge in [-0.05, 0) is 49.2 Å². The fraction of sp³-hybridized carbons (Fsp3) is 0.278. The van der Waals surface area contributed by atoms with Crippen LogP contribution in [0.1, 0.15) is 16.7 Å². The van der Waals surface area contributed by atoms with Gasteiger partial charge >= 0.3 is 0 Å². The number of benzene rings is 1. The Kier molecular flexibility index (Phi) is 3.85. The van der Waals surface area contributed by atoms with Crippen LogP contribution in [0.4, 0.5) is 5.82 Å². The number of H-pyrrole nitrogens is 1. The first-order chi connectivity index (χ1) is 12.1. The van der Waals surface area contributed by atoms with E-state index in [0.717, 1.165) is 30.8 Å². The molecule has 7 nitrogen and oxygen atoms in total. The number of likely N-dealkylation sites (N-methyl/N-ethyl adjacent to an activating group) is 1. The molecular weight excluding hydrogens is 316 g/mol.